The normalized spacial score (nSPS) is 28.5. The smallest absolute Gasteiger partial charge is 0.206 e. The highest BCUT2D eigenvalue weighted by Gasteiger charge is 2.38. The van der Waals surface area contributed by atoms with Gasteiger partial charge in [-0.1, -0.05) is 31.4 Å². The van der Waals surface area contributed by atoms with E-state index in [4.69, 9.17) is 23.2 Å². The van der Waals surface area contributed by atoms with Gasteiger partial charge in [0, 0.05) is 11.4 Å². The van der Waals surface area contributed by atoms with Crippen LogP contribution in [-0.2, 0) is 10.0 Å². The van der Waals surface area contributed by atoms with Gasteiger partial charge in [-0.3, -0.25) is 0 Å². The summed E-state index contributed by atoms with van der Waals surface area (Å²) < 4.78 is 28.3. The quantitative estimate of drug-likeness (QED) is 0.845. The monoisotopic (exact) mass is 341 g/mol. The van der Waals surface area contributed by atoms with Crippen molar-refractivity contribution in [3.63, 3.8) is 0 Å². The van der Waals surface area contributed by atoms with E-state index in [9.17, 15) is 8.42 Å². The Morgan fingerprint density at radius 1 is 1.53 bits per heavy atom. The van der Waals surface area contributed by atoms with Gasteiger partial charge in [0.2, 0.25) is 0 Å². The third-order valence-corrected chi connectivity index (χ3v) is 7.32. The van der Waals surface area contributed by atoms with Crippen LogP contribution in [0, 0.1) is 5.92 Å². The first-order valence-corrected chi connectivity index (χ1v) is 9.43. The summed E-state index contributed by atoms with van der Waals surface area (Å²) in [5.74, 6) is 0.789. The Bertz CT molecular complexity index is 544. The molecule has 1 N–H and O–H groups in total. The lowest BCUT2D eigenvalue weighted by Crippen LogP contribution is -2.52. The number of alkyl halides is 1. The summed E-state index contributed by atoms with van der Waals surface area (Å²) in [6, 6.07) is 3.13. The molecule has 1 heterocycles. The molecule has 7 heteroatoms. The fourth-order valence-electron chi connectivity index (χ4n) is 2.68. The molecule has 0 radical (unpaired) electrons. The Balaban J connectivity index is 2.22. The third-order valence-electron chi connectivity index (χ3n) is 3.51. The molecule has 0 spiro atoms. The maximum atomic E-state index is 12.4. The van der Waals surface area contributed by atoms with Crippen molar-refractivity contribution >= 4 is 44.6 Å². The van der Waals surface area contributed by atoms with Crippen LogP contribution in [0.25, 0.3) is 0 Å². The van der Waals surface area contributed by atoms with Crippen LogP contribution < -0.4 is 4.72 Å². The standard InChI is InChI=1S/C12H17Cl2NO2S2/c1-9-3-2-6-12(7-9,8-13)15-19(16,17)11-5-4-10(14)18-11/h4-5,9,15H,2-3,6-8H2,1H3. The van der Waals surface area contributed by atoms with E-state index < -0.39 is 15.6 Å². The van der Waals surface area contributed by atoms with Gasteiger partial charge in [0.1, 0.15) is 4.21 Å². The number of hydrogen-bond acceptors (Lipinski definition) is 3. The van der Waals surface area contributed by atoms with E-state index in [1.165, 1.54) is 6.07 Å². The van der Waals surface area contributed by atoms with E-state index in [-0.39, 0.29) is 4.21 Å². The predicted octanol–water partition coefficient (Wildman–Crippen LogP) is 3.87. The topological polar surface area (TPSA) is 46.2 Å². The van der Waals surface area contributed by atoms with E-state index in [1.807, 2.05) is 0 Å². The molecule has 1 aromatic rings. The van der Waals surface area contributed by atoms with Gasteiger partial charge < -0.3 is 0 Å². The second-order valence-electron chi connectivity index (χ2n) is 5.28. The second kappa shape index (κ2) is 5.90. The predicted molar refractivity (Wildman–Crippen MR) is 80.7 cm³/mol. The lowest BCUT2D eigenvalue weighted by atomic mass is 9.78. The molecule has 19 heavy (non-hydrogen) atoms. The lowest BCUT2D eigenvalue weighted by Gasteiger charge is -2.38. The van der Waals surface area contributed by atoms with Crippen molar-refractivity contribution in [2.45, 2.75) is 42.4 Å². The molecule has 1 aromatic heterocycles. The summed E-state index contributed by atoms with van der Waals surface area (Å²) in [4.78, 5) is 0. The van der Waals surface area contributed by atoms with Crippen LogP contribution in [-0.4, -0.2) is 19.8 Å². The first-order valence-electron chi connectivity index (χ1n) is 6.22. The Kier molecular flexibility index (Phi) is 4.83. The van der Waals surface area contributed by atoms with Gasteiger partial charge >= 0.3 is 0 Å². The summed E-state index contributed by atoms with van der Waals surface area (Å²) >= 11 is 12.9. The average molecular weight is 342 g/mol. The highest BCUT2D eigenvalue weighted by Crippen LogP contribution is 2.35. The first-order chi connectivity index (χ1) is 8.87. The van der Waals surface area contributed by atoms with Gasteiger partial charge in [-0.05, 0) is 30.9 Å². The maximum absolute atomic E-state index is 12.4. The van der Waals surface area contributed by atoms with E-state index in [1.54, 1.807) is 6.07 Å². The SMILES string of the molecule is CC1CCCC(CCl)(NS(=O)(=O)c2ccc(Cl)s2)C1. The van der Waals surface area contributed by atoms with Crippen LogP contribution in [0.3, 0.4) is 0 Å². The molecular weight excluding hydrogens is 325 g/mol. The minimum atomic E-state index is -3.53. The van der Waals surface area contributed by atoms with E-state index in [0.29, 0.717) is 16.1 Å². The molecule has 0 aliphatic heterocycles. The fourth-order valence-corrected chi connectivity index (χ4v) is 5.99. The van der Waals surface area contributed by atoms with E-state index in [0.717, 1.165) is 37.0 Å². The van der Waals surface area contributed by atoms with Crippen molar-refractivity contribution in [2.24, 2.45) is 5.92 Å². The zero-order valence-electron chi connectivity index (χ0n) is 10.7. The molecule has 3 nitrogen and oxygen atoms in total. The molecule has 0 aromatic carbocycles. The summed E-state index contributed by atoms with van der Waals surface area (Å²) in [6.07, 6.45) is 3.71. The molecule has 108 valence electrons. The molecule has 1 aliphatic rings. The Labute approximate surface area is 128 Å². The van der Waals surface area contributed by atoms with E-state index in [2.05, 4.69) is 11.6 Å². The number of nitrogens with one attached hydrogen (secondary N) is 1. The Morgan fingerprint density at radius 2 is 2.26 bits per heavy atom. The molecule has 1 saturated carbocycles. The van der Waals surface area contributed by atoms with Crippen molar-refractivity contribution in [2.75, 3.05) is 5.88 Å². The summed E-state index contributed by atoms with van der Waals surface area (Å²) in [5, 5.41) is 0. The molecule has 1 fully saturated rings. The van der Waals surface area contributed by atoms with E-state index >= 15 is 0 Å². The van der Waals surface area contributed by atoms with Crippen molar-refractivity contribution in [1.29, 1.82) is 0 Å². The van der Waals surface area contributed by atoms with Crippen LogP contribution in [0.15, 0.2) is 16.3 Å². The average Bonchev–Trinajstić information content (AvgIpc) is 2.76. The summed E-state index contributed by atoms with van der Waals surface area (Å²) in [6.45, 7) is 2.14. The van der Waals surface area contributed by atoms with Crippen molar-refractivity contribution in [3.05, 3.63) is 16.5 Å². The highest BCUT2D eigenvalue weighted by molar-refractivity contribution is 7.91. The van der Waals surface area contributed by atoms with Crippen molar-refractivity contribution in [3.8, 4) is 0 Å². The first kappa shape index (κ1) is 15.6. The number of thiophene rings is 1. The molecule has 0 bridgehead atoms. The van der Waals surface area contributed by atoms with Crippen LogP contribution in [0.4, 0.5) is 0 Å². The van der Waals surface area contributed by atoms with Crippen LogP contribution in [0.1, 0.15) is 32.6 Å². The minimum absolute atomic E-state index is 0.250. The maximum Gasteiger partial charge on any atom is 0.250 e. The molecule has 0 saturated heterocycles. The zero-order valence-corrected chi connectivity index (χ0v) is 13.8. The number of sulfonamides is 1. The lowest BCUT2D eigenvalue weighted by molar-refractivity contribution is 0.239. The Morgan fingerprint density at radius 3 is 2.79 bits per heavy atom. The largest absolute Gasteiger partial charge is 0.250 e. The zero-order chi connectivity index (χ0) is 14.1. The van der Waals surface area contributed by atoms with Crippen LogP contribution in [0.2, 0.25) is 4.34 Å². The number of hydrogen-bond donors (Lipinski definition) is 1. The minimum Gasteiger partial charge on any atom is -0.206 e. The van der Waals surface area contributed by atoms with Gasteiger partial charge in [0.25, 0.3) is 10.0 Å². The molecule has 1 aliphatic carbocycles. The molecule has 2 atom stereocenters. The van der Waals surface area contributed by atoms with Gasteiger partial charge in [0.05, 0.1) is 4.34 Å². The molecule has 2 rings (SSSR count). The number of rotatable bonds is 4. The third kappa shape index (κ3) is 3.64. The van der Waals surface area contributed by atoms with Crippen LogP contribution >= 0.6 is 34.5 Å². The fraction of sp³-hybridized carbons (Fsp3) is 0.667. The molecule has 0 amide bonds. The number of halogens is 2. The van der Waals surface area contributed by atoms with Crippen molar-refractivity contribution < 1.29 is 8.42 Å². The van der Waals surface area contributed by atoms with Gasteiger partial charge in [-0.25, -0.2) is 13.1 Å². The summed E-state index contributed by atoms with van der Waals surface area (Å²) in [7, 11) is -3.53. The molecule has 2 unspecified atom stereocenters. The summed E-state index contributed by atoms with van der Waals surface area (Å²) in [5.41, 5.74) is -0.519. The van der Waals surface area contributed by atoms with Crippen LogP contribution in [0.5, 0.6) is 0 Å². The molecular formula is C12H17Cl2NO2S2. The Hall–Kier alpha value is 0.190. The van der Waals surface area contributed by atoms with Gasteiger partial charge in [-0.15, -0.1) is 22.9 Å². The van der Waals surface area contributed by atoms with Crippen molar-refractivity contribution in [1.82, 2.24) is 4.72 Å². The second-order valence-corrected chi connectivity index (χ2v) is 9.17. The highest BCUT2D eigenvalue weighted by atomic mass is 35.5. The van der Waals surface area contributed by atoms with Gasteiger partial charge in [-0.2, -0.15) is 0 Å². The van der Waals surface area contributed by atoms with Gasteiger partial charge in [0.15, 0.2) is 0 Å².